The van der Waals surface area contributed by atoms with Crippen LogP contribution in [0.5, 0.6) is 0 Å². The molecule has 134 valence electrons. The lowest BCUT2D eigenvalue weighted by Gasteiger charge is -2.07. The Labute approximate surface area is 156 Å². The van der Waals surface area contributed by atoms with Crippen molar-refractivity contribution in [3.05, 3.63) is 73.6 Å². The molecule has 0 spiro atoms. The third kappa shape index (κ3) is 4.08. The van der Waals surface area contributed by atoms with Gasteiger partial charge in [0.05, 0.1) is 5.01 Å². The Bertz CT molecular complexity index is 987. The van der Waals surface area contributed by atoms with Crippen molar-refractivity contribution >= 4 is 17.2 Å². The Kier molecular flexibility index (Phi) is 5.32. The molecule has 1 aromatic carbocycles. The summed E-state index contributed by atoms with van der Waals surface area (Å²) in [6.45, 7) is 6.34. The number of nitrogens with zero attached hydrogens (tertiary/aromatic N) is 1. The van der Waals surface area contributed by atoms with E-state index in [1.807, 2.05) is 32.2 Å². The van der Waals surface area contributed by atoms with Crippen LogP contribution < -0.4 is 10.9 Å². The van der Waals surface area contributed by atoms with Gasteiger partial charge in [-0.25, -0.2) is 4.98 Å². The number of aromatic nitrogens is 2. The lowest BCUT2D eigenvalue weighted by molar-refractivity contribution is 0.0954. The summed E-state index contributed by atoms with van der Waals surface area (Å²) in [4.78, 5) is 31.6. The maximum absolute atomic E-state index is 12.3. The average molecular weight is 367 g/mol. The van der Waals surface area contributed by atoms with E-state index in [-0.39, 0.29) is 11.5 Å². The van der Waals surface area contributed by atoms with E-state index in [4.69, 9.17) is 0 Å². The van der Waals surface area contributed by atoms with Crippen LogP contribution in [0.15, 0.2) is 40.5 Å². The Morgan fingerprint density at radius 2 is 1.92 bits per heavy atom. The highest BCUT2D eigenvalue weighted by Gasteiger charge is 2.09. The fourth-order valence-electron chi connectivity index (χ4n) is 2.64. The van der Waals surface area contributed by atoms with Crippen LogP contribution in [0.1, 0.15) is 32.3 Å². The van der Waals surface area contributed by atoms with Crippen LogP contribution >= 0.6 is 11.3 Å². The van der Waals surface area contributed by atoms with E-state index in [2.05, 4.69) is 15.3 Å². The quantitative estimate of drug-likeness (QED) is 0.726. The van der Waals surface area contributed by atoms with Gasteiger partial charge >= 0.3 is 0 Å². The minimum absolute atomic E-state index is 0.121. The second-order valence-corrected chi connectivity index (χ2v) is 7.23. The SMILES string of the molecule is Cc1csc(CCNC(=O)c2ccc(-c3cc(C)c(C)[nH]c3=O)cc2)n1. The Morgan fingerprint density at radius 1 is 1.19 bits per heavy atom. The molecule has 0 saturated heterocycles. The zero-order valence-electron chi connectivity index (χ0n) is 15.1. The predicted octanol–water partition coefficient (Wildman–Crippen LogP) is 3.40. The molecule has 0 unspecified atom stereocenters. The van der Waals surface area contributed by atoms with E-state index in [1.165, 1.54) is 0 Å². The van der Waals surface area contributed by atoms with Gasteiger partial charge in [0.2, 0.25) is 0 Å². The van der Waals surface area contributed by atoms with Crippen LogP contribution in [-0.4, -0.2) is 22.4 Å². The minimum Gasteiger partial charge on any atom is -0.352 e. The summed E-state index contributed by atoms with van der Waals surface area (Å²) < 4.78 is 0. The van der Waals surface area contributed by atoms with Crippen molar-refractivity contribution in [2.24, 2.45) is 0 Å². The van der Waals surface area contributed by atoms with E-state index in [9.17, 15) is 9.59 Å². The first-order chi connectivity index (χ1) is 12.4. The van der Waals surface area contributed by atoms with Gasteiger partial charge < -0.3 is 10.3 Å². The molecule has 2 heterocycles. The summed E-state index contributed by atoms with van der Waals surface area (Å²) in [7, 11) is 0. The summed E-state index contributed by atoms with van der Waals surface area (Å²) in [5.74, 6) is -0.126. The largest absolute Gasteiger partial charge is 0.352 e. The lowest BCUT2D eigenvalue weighted by atomic mass is 10.0. The second-order valence-electron chi connectivity index (χ2n) is 6.29. The number of aromatic amines is 1. The molecule has 6 heteroatoms. The Hall–Kier alpha value is -2.73. The van der Waals surface area contributed by atoms with E-state index in [0.29, 0.717) is 17.7 Å². The standard InChI is InChI=1S/C20H21N3O2S/c1-12-10-17(20(25)23-14(12)3)15-4-6-16(7-5-15)19(24)21-9-8-18-22-13(2)11-26-18/h4-7,10-11H,8-9H2,1-3H3,(H,21,24)(H,23,25). The molecule has 0 bridgehead atoms. The zero-order chi connectivity index (χ0) is 18.7. The molecular weight excluding hydrogens is 346 g/mol. The maximum Gasteiger partial charge on any atom is 0.256 e. The van der Waals surface area contributed by atoms with E-state index < -0.39 is 0 Å². The van der Waals surface area contributed by atoms with E-state index >= 15 is 0 Å². The number of aryl methyl sites for hydroxylation is 3. The molecule has 0 fully saturated rings. The van der Waals surface area contributed by atoms with E-state index in [0.717, 1.165) is 33.9 Å². The first kappa shape index (κ1) is 18.1. The van der Waals surface area contributed by atoms with Crippen molar-refractivity contribution in [3.8, 4) is 11.1 Å². The lowest BCUT2D eigenvalue weighted by Crippen LogP contribution is -2.25. The second kappa shape index (κ2) is 7.66. The highest BCUT2D eigenvalue weighted by molar-refractivity contribution is 7.09. The zero-order valence-corrected chi connectivity index (χ0v) is 15.9. The normalized spacial score (nSPS) is 10.7. The molecule has 1 amide bonds. The van der Waals surface area contributed by atoms with Crippen molar-refractivity contribution < 1.29 is 4.79 Å². The number of thiazole rings is 1. The number of benzene rings is 1. The number of carbonyl (C=O) groups excluding carboxylic acids is 1. The molecule has 5 nitrogen and oxygen atoms in total. The van der Waals surface area contributed by atoms with Crippen molar-refractivity contribution in [3.63, 3.8) is 0 Å². The molecule has 0 atom stereocenters. The van der Waals surface area contributed by atoms with Gasteiger partial charge in [-0.1, -0.05) is 12.1 Å². The monoisotopic (exact) mass is 367 g/mol. The predicted molar refractivity (Wildman–Crippen MR) is 105 cm³/mol. The van der Waals surface area contributed by atoms with Crippen LogP contribution in [0.3, 0.4) is 0 Å². The van der Waals surface area contributed by atoms with Gasteiger partial charge in [0.15, 0.2) is 0 Å². The third-order valence-corrected chi connectivity index (χ3v) is 5.27. The maximum atomic E-state index is 12.3. The molecule has 3 rings (SSSR count). The highest BCUT2D eigenvalue weighted by Crippen LogP contribution is 2.18. The van der Waals surface area contributed by atoms with Gasteiger partial charge in [0, 0.05) is 40.9 Å². The topological polar surface area (TPSA) is 74.8 Å². The van der Waals surface area contributed by atoms with Crippen LogP contribution in [0.2, 0.25) is 0 Å². The fraction of sp³-hybridized carbons (Fsp3) is 0.250. The summed E-state index contributed by atoms with van der Waals surface area (Å²) in [5.41, 5.74) is 4.76. The summed E-state index contributed by atoms with van der Waals surface area (Å²) in [6, 6.07) is 8.97. The van der Waals surface area contributed by atoms with Gasteiger partial charge in [-0.3, -0.25) is 9.59 Å². The molecule has 0 aliphatic heterocycles. The third-order valence-electron chi connectivity index (χ3n) is 4.25. The molecule has 0 saturated carbocycles. The number of rotatable bonds is 5. The molecule has 26 heavy (non-hydrogen) atoms. The minimum atomic E-state index is -0.126. The van der Waals surface area contributed by atoms with Crippen molar-refractivity contribution in [2.75, 3.05) is 6.54 Å². The Balaban J connectivity index is 1.66. The highest BCUT2D eigenvalue weighted by atomic mass is 32.1. The summed E-state index contributed by atoms with van der Waals surface area (Å²) >= 11 is 1.61. The first-order valence-corrected chi connectivity index (χ1v) is 9.32. The van der Waals surface area contributed by atoms with Gasteiger partial charge in [0.1, 0.15) is 0 Å². The van der Waals surface area contributed by atoms with Crippen molar-refractivity contribution in [1.29, 1.82) is 0 Å². The van der Waals surface area contributed by atoms with Crippen LogP contribution in [-0.2, 0) is 6.42 Å². The summed E-state index contributed by atoms with van der Waals surface area (Å²) in [6.07, 6.45) is 0.723. The van der Waals surface area contributed by atoms with Gasteiger partial charge in [-0.05, 0) is 50.1 Å². The van der Waals surface area contributed by atoms with Gasteiger partial charge in [-0.15, -0.1) is 11.3 Å². The fourth-order valence-corrected chi connectivity index (χ4v) is 3.42. The van der Waals surface area contributed by atoms with Gasteiger partial charge in [0.25, 0.3) is 11.5 Å². The number of amides is 1. The first-order valence-electron chi connectivity index (χ1n) is 8.44. The molecule has 0 aliphatic rings. The molecule has 3 aromatic rings. The van der Waals surface area contributed by atoms with E-state index in [1.54, 1.807) is 35.6 Å². The smallest absolute Gasteiger partial charge is 0.256 e. The number of carbonyl (C=O) groups is 1. The number of pyridine rings is 1. The number of hydrogen-bond acceptors (Lipinski definition) is 4. The molecule has 2 aromatic heterocycles. The number of H-pyrrole nitrogens is 1. The van der Waals surface area contributed by atoms with Gasteiger partial charge in [-0.2, -0.15) is 0 Å². The van der Waals surface area contributed by atoms with Crippen LogP contribution in [0.4, 0.5) is 0 Å². The molecular formula is C20H21N3O2S. The van der Waals surface area contributed by atoms with Crippen molar-refractivity contribution in [2.45, 2.75) is 27.2 Å². The Morgan fingerprint density at radius 3 is 2.58 bits per heavy atom. The molecule has 2 N–H and O–H groups in total. The van der Waals surface area contributed by atoms with Crippen LogP contribution in [0.25, 0.3) is 11.1 Å². The number of hydrogen-bond donors (Lipinski definition) is 2. The number of nitrogens with one attached hydrogen (secondary N) is 2. The van der Waals surface area contributed by atoms with Crippen molar-refractivity contribution in [1.82, 2.24) is 15.3 Å². The molecule has 0 aliphatic carbocycles. The summed E-state index contributed by atoms with van der Waals surface area (Å²) in [5, 5.41) is 5.93. The van der Waals surface area contributed by atoms with Crippen LogP contribution in [0, 0.1) is 20.8 Å². The average Bonchev–Trinajstić information content (AvgIpc) is 3.03. The molecule has 0 radical (unpaired) electrons.